The molecular weight excluding hydrogens is 396 g/mol. The van der Waals surface area contributed by atoms with Crippen LogP contribution < -0.4 is 0 Å². The maximum Gasteiger partial charge on any atom is 0.339 e. The number of pyridine rings is 1. The Bertz CT molecular complexity index is 1140. The number of aromatic nitrogens is 2. The molecule has 1 aromatic carbocycles. The maximum atomic E-state index is 12.8. The molecule has 0 bridgehead atoms. The number of benzene rings is 1. The van der Waals surface area contributed by atoms with Crippen LogP contribution in [0.1, 0.15) is 49.4 Å². The van der Waals surface area contributed by atoms with Crippen molar-refractivity contribution < 1.29 is 23.9 Å². The number of carbonyl (C=O) groups excluding carboxylic acids is 3. The van der Waals surface area contributed by atoms with E-state index in [0.717, 1.165) is 5.39 Å². The number of aryl methyl sites for hydroxylation is 1. The second kappa shape index (κ2) is 8.05. The normalized spacial score (nSPS) is 11.9. The zero-order chi connectivity index (χ0) is 21.3. The molecule has 29 heavy (non-hydrogen) atoms. The Labute approximate surface area is 172 Å². The van der Waals surface area contributed by atoms with Gasteiger partial charge in [0.15, 0.2) is 6.10 Å². The molecule has 7 nitrogen and oxygen atoms in total. The van der Waals surface area contributed by atoms with E-state index in [9.17, 15) is 14.4 Å². The quantitative estimate of drug-likeness (QED) is 0.384. The number of halogens is 1. The number of ether oxygens (including phenoxy) is 2. The number of aromatic amines is 1. The van der Waals surface area contributed by atoms with E-state index in [1.54, 1.807) is 44.2 Å². The van der Waals surface area contributed by atoms with Gasteiger partial charge in [-0.15, -0.1) is 0 Å². The van der Waals surface area contributed by atoms with Crippen LogP contribution in [-0.2, 0) is 9.47 Å². The zero-order valence-electron chi connectivity index (χ0n) is 16.3. The number of esters is 2. The van der Waals surface area contributed by atoms with Gasteiger partial charge in [-0.1, -0.05) is 11.6 Å². The second-order valence-corrected chi connectivity index (χ2v) is 6.96. The van der Waals surface area contributed by atoms with Gasteiger partial charge >= 0.3 is 11.9 Å². The summed E-state index contributed by atoms with van der Waals surface area (Å²) in [6, 6.07) is 8.21. The van der Waals surface area contributed by atoms with Crippen molar-refractivity contribution in [2.75, 3.05) is 7.11 Å². The molecule has 1 unspecified atom stereocenters. The molecule has 0 saturated heterocycles. The molecule has 0 saturated carbocycles. The Morgan fingerprint density at radius 2 is 1.83 bits per heavy atom. The largest absolute Gasteiger partial charge is 0.465 e. The van der Waals surface area contributed by atoms with Crippen molar-refractivity contribution in [2.45, 2.75) is 26.9 Å². The summed E-state index contributed by atoms with van der Waals surface area (Å²) < 4.78 is 10.1. The lowest BCUT2D eigenvalue weighted by atomic mass is 10.1. The third kappa shape index (κ3) is 4.00. The SMILES string of the molecule is COC(=O)c1c(C)[nH]c(C(=O)C(C)OC(=O)c2ccc3nc(Cl)ccc3c2)c1C. The van der Waals surface area contributed by atoms with Crippen molar-refractivity contribution in [1.82, 2.24) is 9.97 Å². The topological polar surface area (TPSA) is 98.4 Å². The van der Waals surface area contributed by atoms with E-state index >= 15 is 0 Å². The van der Waals surface area contributed by atoms with Gasteiger partial charge in [0, 0.05) is 11.1 Å². The Hall–Kier alpha value is -3.19. The van der Waals surface area contributed by atoms with Crippen LogP contribution >= 0.6 is 11.6 Å². The number of fused-ring (bicyclic) bond motifs is 1. The van der Waals surface area contributed by atoms with Gasteiger partial charge in [-0.2, -0.15) is 0 Å². The molecular formula is C21H19ClN2O5. The van der Waals surface area contributed by atoms with E-state index < -0.39 is 23.8 Å². The van der Waals surface area contributed by atoms with Crippen molar-refractivity contribution in [1.29, 1.82) is 0 Å². The number of carbonyl (C=O) groups is 3. The van der Waals surface area contributed by atoms with Crippen LogP contribution in [-0.4, -0.2) is 40.9 Å². The maximum absolute atomic E-state index is 12.8. The smallest absolute Gasteiger partial charge is 0.339 e. The fraction of sp³-hybridized carbons (Fsp3) is 0.238. The lowest BCUT2D eigenvalue weighted by Crippen LogP contribution is -2.25. The number of ketones is 1. The molecule has 1 atom stereocenters. The molecule has 0 aliphatic carbocycles. The van der Waals surface area contributed by atoms with E-state index in [-0.39, 0.29) is 11.3 Å². The minimum absolute atomic E-state index is 0.209. The van der Waals surface area contributed by atoms with E-state index in [4.69, 9.17) is 21.1 Å². The van der Waals surface area contributed by atoms with Gasteiger partial charge in [-0.05, 0) is 56.7 Å². The predicted molar refractivity (Wildman–Crippen MR) is 108 cm³/mol. The highest BCUT2D eigenvalue weighted by Gasteiger charge is 2.27. The minimum atomic E-state index is -1.05. The van der Waals surface area contributed by atoms with Gasteiger partial charge in [0.2, 0.25) is 5.78 Å². The monoisotopic (exact) mass is 414 g/mol. The number of hydrogen-bond acceptors (Lipinski definition) is 6. The minimum Gasteiger partial charge on any atom is -0.465 e. The highest BCUT2D eigenvalue weighted by molar-refractivity contribution is 6.29. The molecule has 0 aliphatic rings. The van der Waals surface area contributed by atoms with Gasteiger partial charge < -0.3 is 14.5 Å². The first-order valence-electron chi connectivity index (χ1n) is 8.82. The molecule has 1 N–H and O–H groups in total. The highest BCUT2D eigenvalue weighted by atomic mass is 35.5. The standard InChI is InChI=1S/C21H19ClN2O5/c1-10-17(21(27)28-4)11(2)23-18(10)19(25)12(3)29-20(26)14-5-7-15-13(9-14)6-8-16(22)24-15/h5-9,12,23H,1-4H3. The summed E-state index contributed by atoms with van der Waals surface area (Å²) >= 11 is 5.87. The lowest BCUT2D eigenvalue weighted by Gasteiger charge is -2.12. The van der Waals surface area contributed by atoms with Crippen LogP contribution in [0.3, 0.4) is 0 Å². The fourth-order valence-corrected chi connectivity index (χ4v) is 3.27. The molecule has 3 aromatic rings. The second-order valence-electron chi connectivity index (χ2n) is 6.57. The summed E-state index contributed by atoms with van der Waals surface area (Å²) in [7, 11) is 1.27. The average molecular weight is 415 g/mol. The first-order chi connectivity index (χ1) is 13.7. The average Bonchev–Trinajstić information content (AvgIpc) is 3.00. The number of hydrogen-bond donors (Lipinski definition) is 1. The predicted octanol–water partition coefficient (Wildman–Crippen LogP) is 4.05. The summed E-state index contributed by atoms with van der Waals surface area (Å²) in [6.45, 7) is 4.79. The van der Waals surface area contributed by atoms with Crippen LogP contribution in [0.5, 0.6) is 0 Å². The van der Waals surface area contributed by atoms with Gasteiger partial charge in [0.1, 0.15) is 5.15 Å². The molecule has 0 spiro atoms. The van der Waals surface area contributed by atoms with Crippen LogP contribution in [0.2, 0.25) is 5.15 Å². The van der Waals surface area contributed by atoms with Crippen LogP contribution in [0, 0.1) is 13.8 Å². The molecule has 0 aliphatic heterocycles. The summed E-state index contributed by atoms with van der Waals surface area (Å²) in [6.07, 6.45) is -1.05. The first kappa shape index (κ1) is 20.5. The fourth-order valence-electron chi connectivity index (χ4n) is 3.12. The number of rotatable bonds is 5. The highest BCUT2D eigenvalue weighted by Crippen LogP contribution is 2.22. The Morgan fingerprint density at radius 3 is 2.52 bits per heavy atom. The summed E-state index contributed by atoms with van der Waals surface area (Å²) in [5, 5.41) is 1.08. The van der Waals surface area contributed by atoms with Crippen molar-refractivity contribution in [2.24, 2.45) is 0 Å². The summed E-state index contributed by atoms with van der Waals surface area (Å²) in [5.41, 5.74) is 2.41. The number of nitrogens with one attached hydrogen (secondary N) is 1. The molecule has 0 fully saturated rings. The van der Waals surface area contributed by atoms with Gasteiger partial charge in [0.05, 0.1) is 29.4 Å². The van der Waals surface area contributed by atoms with Crippen molar-refractivity contribution in [3.8, 4) is 0 Å². The van der Waals surface area contributed by atoms with E-state index in [2.05, 4.69) is 9.97 Å². The zero-order valence-corrected chi connectivity index (χ0v) is 17.1. The van der Waals surface area contributed by atoms with Crippen molar-refractivity contribution in [3.63, 3.8) is 0 Å². The van der Waals surface area contributed by atoms with Crippen molar-refractivity contribution in [3.05, 3.63) is 63.6 Å². The van der Waals surface area contributed by atoms with E-state index in [1.807, 2.05) is 0 Å². The van der Waals surface area contributed by atoms with Crippen LogP contribution in [0.25, 0.3) is 10.9 Å². The van der Waals surface area contributed by atoms with Gasteiger partial charge in [-0.25, -0.2) is 14.6 Å². The number of methoxy groups -OCH3 is 1. The van der Waals surface area contributed by atoms with Gasteiger partial charge in [0.25, 0.3) is 0 Å². The Morgan fingerprint density at radius 1 is 1.10 bits per heavy atom. The van der Waals surface area contributed by atoms with Crippen LogP contribution in [0.15, 0.2) is 30.3 Å². The Balaban J connectivity index is 1.80. The first-order valence-corrected chi connectivity index (χ1v) is 9.19. The molecule has 8 heteroatoms. The summed E-state index contributed by atoms with van der Waals surface area (Å²) in [5.74, 6) is -1.62. The molecule has 0 amide bonds. The molecule has 3 rings (SSSR count). The van der Waals surface area contributed by atoms with Crippen molar-refractivity contribution >= 4 is 40.2 Å². The van der Waals surface area contributed by atoms with E-state index in [1.165, 1.54) is 14.0 Å². The third-order valence-electron chi connectivity index (χ3n) is 4.62. The van der Waals surface area contributed by atoms with Crippen LogP contribution in [0.4, 0.5) is 0 Å². The number of H-pyrrole nitrogens is 1. The molecule has 2 aromatic heterocycles. The lowest BCUT2D eigenvalue weighted by molar-refractivity contribution is 0.0317. The third-order valence-corrected chi connectivity index (χ3v) is 4.83. The van der Waals surface area contributed by atoms with Gasteiger partial charge in [-0.3, -0.25) is 4.79 Å². The number of nitrogens with zero attached hydrogens (tertiary/aromatic N) is 1. The molecule has 150 valence electrons. The van der Waals surface area contributed by atoms with E-state index in [0.29, 0.717) is 27.5 Å². The molecule has 0 radical (unpaired) electrons. The molecule has 2 heterocycles. The number of Topliss-reactive ketones (excluding diaryl/α,β-unsaturated/α-hetero) is 1. The Kier molecular flexibility index (Phi) is 5.70. The summed E-state index contributed by atoms with van der Waals surface area (Å²) in [4.78, 5) is 44.2.